The Morgan fingerprint density at radius 3 is 2.63 bits per heavy atom. The van der Waals surface area contributed by atoms with Crippen molar-refractivity contribution in [2.45, 2.75) is 46.6 Å². The molecule has 3 atom stereocenters. The number of hydrogen-bond donors (Lipinski definition) is 2. The number of anilines is 2. The third-order valence-electron chi connectivity index (χ3n) is 6.27. The van der Waals surface area contributed by atoms with Crippen LogP contribution < -0.4 is 10.6 Å². The van der Waals surface area contributed by atoms with E-state index >= 15 is 0 Å². The van der Waals surface area contributed by atoms with E-state index in [1.165, 1.54) is 0 Å². The van der Waals surface area contributed by atoms with Gasteiger partial charge in [-0.1, -0.05) is 6.92 Å². The van der Waals surface area contributed by atoms with Crippen LogP contribution in [0.3, 0.4) is 0 Å². The Morgan fingerprint density at radius 2 is 1.94 bits per heavy atom. The van der Waals surface area contributed by atoms with E-state index in [4.69, 9.17) is 10.00 Å². The van der Waals surface area contributed by atoms with Crippen LogP contribution in [0.4, 0.5) is 16.3 Å². The van der Waals surface area contributed by atoms with Crippen LogP contribution in [0.25, 0.3) is 21.9 Å². The van der Waals surface area contributed by atoms with Crippen LogP contribution in [0.2, 0.25) is 0 Å². The number of carbonyl (C=O) groups excluding carboxylic acids is 2. The Balaban J connectivity index is 1.70. The molecule has 0 aliphatic heterocycles. The number of benzene rings is 1. The van der Waals surface area contributed by atoms with Gasteiger partial charge in [-0.3, -0.25) is 15.1 Å². The fourth-order valence-corrected chi connectivity index (χ4v) is 4.37. The summed E-state index contributed by atoms with van der Waals surface area (Å²) in [5.74, 6) is 0.377. The first-order valence-electron chi connectivity index (χ1n) is 11.6. The Bertz CT molecular complexity index is 1340. The number of aryl methyl sites for hydroxylation is 1. The predicted molar refractivity (Wildman–Crippen MR) is 135 cm³/mol. The Labute approximate surface area is 204 Å². The van der Waals surface area contributed by atoms with Crippen molar-refractivity contribution in [2.24, 2.45) is 17.8 Å². The van der Waals surface area contributed by atoms with Crippen molar-refractivity contribution in [3.8, 4) is 17.2 Å². The number of amides is 2. The third kappa shape index (κ3) is 5.40. The first-order chi connectivity index (χ1) is 16.6. The van der Waals surface area contributed by atoms with Crippen molar-refractivity contribution < 1.29 is 14.3 Å². The fourth-order valence-electron chi connectivity index (χ4n) is 4.37. The minimum Gasteiger partial charge on any atom is -0.444 e. The molecule has 1 fully saturated rings. The van der Waals surface area contributed by atoms with Crippen LogP contribution in [-0.4, -0.2) is 27.6 Å². The molecule has 2 amide bonds. The molecule has 8 heteroatoms. The summed E-state index contributed by atoms with van der Waals surface area (Å²) in [7, 11) is 0. The quantitative estimate of drug-likeness (QED) is 0.494. The summed E-state index contributed by atoms with van der Waals surface area (Å²) in [5.41, 5.74) is 2.73. The summed E-state index contributed by atoms with van der Waals surface area (Å²) in [4.78, 5) is 34.0. The summed E-state index contributed by atoms with van der Waals surface area (Å²) < 4.78 is 5.45. The molecule has 2 heterocycles. The first-order valence-corrected chi connectivity index (χ1v) is 11.6. The van der Waals surface area contributed by atoms with Gasteiger partial charge in [-0.05, 0) is 80.3 Å². The monoisotopic (exact) mass is 471 g/mol. The molecular formula is C27H29N5O3. The van der Waals surface area contributed by atoms with Gasteiger partial charge in [-0.15, -0.1) is 0 Å². The van der Waals surface area contributed by atoms with E-state index in [9.17, 15) is 9.59 Å². The largest absolute Gasteiger partial charge is 0.444 e. The number of carbonyl (C=O) groups is 2. The second-order valence-electron chi connectivity index (χ2n) is 10.0. The van der Waals surface area contributed by atoms with Gasteiger partial charge in [0.1, 0.15) is 11.4 Å². The smallest absolute Gasteiger partial charge is 0.412 e. The number of ether oxygens (including phenoxy) is 1. The molecule has 8 nitrogen and oxygen atoms in total. The molecule has 2 aromatic heterocycles. The summed E-state index contributed by atoms with van der Waals surface area (Å²) >= 11 is 0. The number of nitrogens with zero attached hydrogens (tertiary/aromatic N) is 3. The van der Waals surface area contributed by atoms with Gasteiger partial charge in [-0.25, -0.2) is 9.78 Å². The molecule has 1 unspecified atom stereocenters. The van der Waals surface area contributed by atoms with Crippen molar-refractivity contribution in [1.29, 1.82) is 5.26 Å². The number of rotatable bonds is 5. The van der Waals surface area contributed by atoms with E-state index in [-0.39, 0.29) is 23.7 Å². The van der Waals surface area contributed by atoms with E-state index in [1.54, 1.807) is 45.4 Å². The number of nitriles is 1. The van der Waals surface area contributed by atoms with Crippen molar-refractivity contribution in [2.75, 3.05) is 10.6 Å². The topological polar surface area (TPSA) is 117 Å². The van der Waals surface area contributed by atoms with Crippen LogP contribution in [0.1, 0.15) is 39.7 Å². The summed E-state index contributed by atoms with van der Waals surface area (Å²) in [5, 5.41) is 16.2. The lowest BCUT2D eigenvalue weighted by molar-refractivity contribution is -0.117. The van der Waals surface area contributed by atoms with Gasteiger partial charge in [0.15, 0.2) is 0 Å². The van der Waals surface area contributed by atoms with Crippen LogP contribution >= 0.6 is 0 Å². The molecule has 0 spiro atoms. The maximum absolute atomic E-state index is 12.7. The molecule has 1 saturated carbocycles. The Morgan fingerprint density at radius 1 is 1.17 bits per heavy atom. The highest BCUT2D eigenvalue weighted by Gasteiger charge is 2.51. The predicted octanol–water partition coefficient (Wildman–Crippen LogP) is 5.69. The summed E-state index contributed by atoms with van der Waals surface area (Å²) in [6, 6.07) is 9.71. The average molecular weight is 472 g/mol. The molecule has 1 aromatic carbocycles. The zero-order valence-electron chi connectivity index (χ0n) is 20.5. The van der Waals surface area contributed by atoms with Gasteiger partial charge in [-0.2, -0.15) is 5.26 Å². The standard InChI is InChI=1S/C27H29N5O3/c1-15-7-9-29-13-20(15)17-10-18-12-23(32-25(33)24-16(2)19(24)6-8-28)30-14-21(18)22(11-17)31-26(34)35-27(3,4)5/h7,9-14,16,19,24H,6H2,1-5H3,(H,31,34)(H,30,32,33)/t16?,19-,24-/m0/s1. The minimum absolute atomic E-state index is 0.0882. The second-order valence-corrected chi connectivity index (χ2v) is 10.0. The lowest BCUT2D eigenvalue weighted by atomic mass is 9.99. The van der Waals surface area contributed by atoms with Crippen molar-refractivity contribution in [3.05, 3.63) is 48.4 Å². The molecule has 4 rings (SSSR count). The molecule has 2 N–H and O–H groups in total. The van der Waals surface area contributed by atoms with Crippen molar-refractivity contribution in [1.82, 2.24) is 9.97 Å². The van der Waals surface area contributed by atoms with Crippen molar-refractivity contribution in [3.63, 3.8) is 0 Å². The SMILES string of the molecule is Cc1ccncc1-c1cc(NC(=O)OC(C)(C)C)c2cnc(NC(=O)[C@H]3C(C)[C@@H]3CC#N)cc2c1. The van der Waals surface area contributed by atoms with E-state index < -0.39 is 11.7 Å². The first kappa shape index (κ1) is 24.1. The second kappa shape index (κ2) is 9.34. The van der Waals surface area contributed by atoms with Gasteiger partial charge in [0.2, 0.25) is 5.91 Å². The zero-order valence-corrected chi connectivity index (χ0v) is 20.5. The molecule has 1 aliphatic carbocycles. The lowest BCUT2D eigenvalue weighted by Gasteiger charge is -2.20. The molecule has 0 saturated heterocycles. The molecule has 35 heavy (non-hydrogen) atoms. The van der Waals surface area contributed by atoms with Gasteiger partial charge in [0, 0.05) is 41.9 Å². The van der Waals surface area contributed by atoms with Gasteiger partial charge < -0.3 is 10.1 Å². The maximum atomic E-state index is 12.7. The minimum atomic E-state index is -0.642. The number of pyridine rings is 2. The van der Waals surface area contributed by atoms with E-state index in [1.807, 2.05) is 32.0 Å². The summed E-state index contributed by atoms with van der Waals surface area (Å²) in [6.45, 7) is 9.39. The molecule has 0 radical (unpaired) electrons. The number of aromatic nitrogens is 2. The number of hydrogen-bond acceptors (Lipinski definition) is 6. The van der Waals surface area contributed by atoms with Gasteiger partial charge in [0.05, 0.1) is 11.8 Å². The van der Waals surface area contributed by atoms with E-state index in [2.05, 4.69) is 26.7 Å². The third-order valence-corrected chi connectivity index (χ3v) is 6.27. The highest BCUT2D eigenvalue weighted by atomic mass is 16.6. The Kier molecular flexibility index (Phi) is 6.44. The average Bonchev–Trinajstić information content (AvgIpc) is 3.41. The summed E-state index contributed by atoms with van der Waals surface area (Å²) in [6.07, 6.45) is 4.94. The molecular weight excluding hydrogens is 442 g/mol. The fraction of sp³-hybridized carbons (Fsp3) is 0.370. The van der Waals surface area contributed by atoms with E-state index in [0.29, 0.717) is 23.3 Å². The van der Waals surface area contributed by atoms with Crippen molar-refractivity contribution >= 4 is 34.3 Å². The van der Waals surface area contributed by atoms with Crippen LogP contribution in [-0.2, 0) is 9.53 Å². The van der Waals surface area contributed by atoms with Gasteiger partial charge in [0.25, 0.3) is 0 Å². The van der Waals surface area contributed by atoms with Crippen LogP contribution in [0.15, 0.2) is 42.9 Å². The molecule has 3 aromatic rings. The van der Waals surface area contributed by atoms with Crippen LogP contribution in [0, 0.1) is 36.0 Å². The molecule has 1 aliphatic rings. The highest BCUT2D eigenvalue weighted by Crippen LogP contribution is 2.48. The highest BCUT2D eigenvalue weighted by molar-refractivity contribution is 6.04. The lowest BCUT2D eigenvalue weighted by Crippen LogP contribution is -2.27. The molecule has 180 valence electrons. The normalized spacial score (nSPS) is 19.0. The number of nitrogens with one attached hydrogen (secondary N) is 2. The maximum Gasteiger partial charge on any atom is 0.412 e. The Hall–Kier alpha value is -3.99. The van der Waals surface area contributed by atoms with E-state index in [0.717, 1.165) is 22.1 Å². The van der Waals surface area contributed by atoms with Gasteiger partial charge >= 0.3 is 6.09 Å². The zero-order chi connectivity index (χ0) is 25.3. The number of fused-ring (bicyclic) bond motifs is 1. The van der Waals surface area contributed by atoms with Crippen LogP contribution in [0.5, 0.6) is 0 Å². The molecule has 0 bridgehead atoms.